The topological polar surface area (TPSA) is 54.9 Å². The Kier molecular flexibility index (Phi) is 3.78. The molecule has 0 aliphatic heterocycles. The second-order valence-corrected chi connectivity index (χ2v) is 7.24. The van der Waals surface area contributed by atoms with Crippen LogP contribution < -0.4 is 11.2 Å². The molecule has 0 unspecified atom stereocenters. The van der Waals surface area contributed by atoms with Gasteiger partial charge in [-0.05, 0) is 24.3 Å². The Labute approximate surface area is 136 Å². The Morgan fingerprint density at radius 3 is 2.61 bits per heavy atom. The van der Waals surface area contributed by atoms with Crippen LogP contribution in [0.15, 0.2) is 33.9 Å². The zero-order chi connectivity index (χ0) is 16.8. The number of hydrogen-bond acceptors (Lipinski definition) is 2. The lowest BCUT2D eigenvalue weighted by molar-refractivity contribution is 0.422. The van der Waals surface area contributed by atoms with Crippen molar-refractivity contribution in [2.75, 3.05) is 0 Å². The van der Waals surface area contributed by atoms with Gasteiger partial charge in [0.2, 0.25) is 0 Å². The van der Waals surface area contributed by atoms with Crippen molar-refractivity contribution in [1.29, 1.82) is 0 Å². The molecule has 1 aliphatic carbocycles. The number of H-pyrrole nitrogens is 1. The summed E-state index contributed by atoms with van der Waals surface area (Å²) in [5.74, 6) is 0.246. The SMILES string of the molecule is CC[C@@]1(C)Cc2ccccc2-c2[nH]c(=O)n(CC(C)C)c(=O)c21. The van der Waals surface area contributed by atoms with Gasteiger partial charge in [0.1, 0.15) is 0 Å². The van der Waals surface area contributed by atoms with Crippen LogP contribution in [0.4, 0.5) is 0 Å². The summed E-state index contributed by atoms with van der Waals surface area (Å²) >= 11 is 0. The molecule has 1 atom stereocenters. The minimum Gasteiger partial charge on any atom is -0.306 e. The maximum absolute atomic E-state index is 13.1. The highest BCUT2D eigenvalue weighted by Crippen LogP contribution is 2.41. The fourth-order valence-electron chi connectivity index (χ4n) is 3.59. The van der Waals surface area contributed by atoms with Crippen LogP contribution in [0.1, 0.15) is 45.2 Å². The third-order valence-corrected chi connectivity index (χ3v) is 4.99. The van der Waals surface area contributed by atoms with E-state index in [1.807, 2.05) is 32.0 Å². The van der Waals surface area contributed by atoms with Gasteiger partial charge in [-0.25, -0.2) is 4.79 Å². The van der Waals surface area contributed by atoms with Gasteiger partial charge in [-0.1, -0.05) is 52.0 Å². The molecule has 0 fully saturated rings. The molecule has 1 aromatic carbocycles. The van der Waals surface area contributed by atoms with Crippen LogP contribution in [0.3, 0.4) is 0 Å². The second-order valence-electron chi connectivity index (χ2n) is 7.24. The van der Waals surface area contributed by atoms with E-state index >= 15 is 0 Å². The van der Waals surface area contributed by atoms with Crippen molar-refractivity contribution >= 4 is 0 Å². The van der Waals surface area contributed by atoms with Crippen LogP contribution in [0.2, 0.25) is 0 Å². The van der Waals surface area contributed by atoms with Gasteiger partial charge in [-0.3, -0.25) is 9.36 Å². The van der Waals surface area contributed by atoms with E-state index in [0.717, 1.165) is 24.0 Å². The highest BCUT2D eigenvalue weighted by Gasteiger charge is 2.37. The molecule has 4 nitrogen and oxygen atoms in total. The first-order valence-electron chi connectivity index (χ1n) is 8.33. The minimum absolute atomic E-state index is 0.128. The van der Waals surface area contributed by atoms with E-state index in [1.54, 1.807) is 0 Å². The smallest absolute Gasteiger partial charge is 0.306 e. The van der Waals surface area contributed by atoms with Crippen LogP contribution in [0, 0.1) is 5.92 Å². The van der Waals surface area contributed by atoms with Crippen LogP contribution >= 0.6 is 0 Å². The Morgan fingerprint density at radius 2 is 1.96 bits per heavy atom. The van der Waals surface area contributed by atoms with E-state index in [2.05, 4.69) is 24.9 Å². The average molecular weight is 312 g/mol. The van der Waals surface area contributed by atoms with E-state index < -0.39 is 0 Å². The zero-order valence-electron chi connectivity index (χ0n) is 14.3. The maximum atomic E-state index is 13.1. The average Bonchev–Trinajstić information content (AvgIpc) is 2.50. The van der Waals surface area contributed by atoms with Gasteiger partial charge in [-0.2, -0.15) is 0 Å². The van der Waals surface area contributed by atoms with Gasteiger partial charge in [0.25, 0.3) is 5.56 Å². The number of fused-ring (bicyclic) bond motifs is 3. The Morgan fingerprint density at radius 1 is 1.26 bits per heavy atom. The van der Waals surface area contributed by atoms with Gasteiger partial charge in [0, 0.05) is 23.1 Å². The number of hydrogen-bond donors (Lipinski definition) is 1. The standard InChI is InChI=1S/C19H24N2O2/c1-5-19(4)10-13-8-6-7-9-14(13)16-15(19)17(22)21(11-12(2)3)18(23)20-16/h6-9,12H,5,10-11H2,1-4H3,(H,20,23)/t19-/m0/s1. The van der Waals surface area contributed by atoms with E-state index in [0.29, 0.717) is 12.2 Å². The largest absolute Gasteiger partial charge is 0.328 e. The quantitative estimate of drug-likeness (QED) is 0.947. The van der Waals surface area contributed by atoms with E-state index in [1.165, 1.54) is 10.1 Å². The molecule has 2 aromatic rings. The Bertz CT molecular complexity index is 860. The summed E-state index contributed by atoms with van der Waals surface area (Å²) in [5.41, 5.74) is 2.98. The first-order chi connectivity index (χ1) is 10.9. The molecular weight excluding hydrogens is 288 g/mol. The molecule has 122 valence electrons. The van der Waals surface area contributed by atoms with Gasteiger partial charge in [-0.15, -0.1) is 0 Å². The highest BCUT2D eigenvalue weighted by molar-refractivity contribution is 5.71. The summed E-state index contributed by atoms with van der Waals surface area (Å²) in [6, 6.07) is 8.04. The summed E-state index contributed by atoms with van der Waals surface area (Å²) < 4.78 is 1.37. The van der Waals surface area contributed by atoms with Crippen LogP contribution in [0.5, 0.6) is 0 Å². The molecular formula is C19H24N2O2. The van der Waals surface area contributed by atoms with Crippen LogP contribution in [0.25, 0.3) is 11.3 Å². The van der Waals surface area contributed by atoms with Crippen molar-refractivity contribution in [2.24, 2.45) is 5.92 Å². The molecule has 0 amide bonds. The molecule has 23 heavy (non-hydrogen) atoms. The first kappa shape index (κ1) is 15.8. The van der Waals surface area contributed by atoms with Crippen molar-refractivity contribution in [3.63, 3.8) is 0 Å². The van der Waals surface area contributed by atoms with E-state index in [9.17, 15) is 9.59 Å². The van der Waals surface area contributed by atoms with Crippen molar-refractivity contribution in [2.45, 2.75) is 52.5 Å². The van der Waals surface area contributed by atoms with Gasteiger partial charge < -0.3 is 4.98 Å². The molecule has 4 heteroatoms. The fourth-order valence-corrected chi connectivity index (χ4v) is 3.59. The zero-order valence-corrected chi connectivity index (χ0v) is 14.3. The lowest BCUT2D eigenvalue weighted by Crippen LogP contribution is -2.45. The molecule has 1 heterocycles. The van der Waals surface area contributed by atoms with Crippen LogP contribution in [-0.2, 0) is 18.4 Å². The van der Waals surface area contributed by atoms with Gasteiger partial charge in [0.15, 0.2) is 0 Å². The summed E-state index contributed by atoms with van der Waals surface area (Å²) in [5, 5.41) is 0. The lowest BCUT2D eigenvalue weighted by Gasteiger charge is -2.35. The monoisotopic (exact) mass is 312 g/mol. The Balaban J connectivity index is 2.37. The summed E-state index contributed by atoms with van der Waals surface area (Å²) in [6.45, 7) is 8.71. The van der Waals surface area contributed by atoms with Crippen molar-refractivity contribution in [3.8, 4) is 11.3 Å². The molecule has 0 saturated carbocycles. The van der Waals surface area contributed by atoms with Crippen molar-refractivity contribution in [3.05, 3.63) is 56.2 Å². The molecule has 0 saturated heterocycles. The number of rotatable bonds is 3. The number of nitrogens with zero attached hydrogens (tertiary/aromatic N) is 1. The number of aromatic nitrogens is 2. The number of benzene rings is 1. The summed E-state index contributed by atoms with van der Waals surface area (Å²) in [7, 11) is 0. The maximum Gasteiger partial charge on any atom is 0.328 e. The van der Waals surface area contributed by atoms with Crippen LogP contribution in [-0.4, -0.2) is 9.55 Å². The third kappa shape index (κ3) is 2.46. The lowest BCUT2D eigenvalue weighted by atomic mass is 9.69. The van der Waals surface area contributed by atoms with Gasteiger partial charge in [0.05, 0.1) is 5.69 Å². The molecule has 3 rings (SSSR count). The van der Waals surface area contributed by atoms with Gasteiger partial charge >= 0.3 is 5.69 Å². The number of aromatic amines is 1. The van der Waals surface area contributed by atoms with E-state index in [-0.39, 0.29) is 22.6 Å². The second kappa shape index (κ2) is 5.52. The predicted octanol–water partition coefficient (Wildman–Crippen LogP) is 3.08. The van der Waals surface area contributed by atoms with Crippen molar-refractivity contribution < 1.29 is 0 Å². The Hall–Kier alpha value is -2.10. The normalized spacial score (nSPS) is 19.5. The molecule has 0 bridgehead atoms. The molecule has 0 spiro atoms. The molecule has 1 aliphatic rings. The fraction of sp³-hybridized carbons (Fsp3) is 0.474. The number of nitrogens with one attached hydrogen (secondary N) is 1. The molecule has 1 aromatic heterocycles. The third-order valence-electron chi connectivity index (χ3n) is 4.99. The van der Waals surface area contributed by atoms with Crippen molar-refractivity contribution in [1.82, 2.24) is 9.55 Å². The van der Waals surface area contributed by atoms with E-state index in [4.69, 9.17) is 0 Å². The highest BCUT2D eigenvalue weighted by atomic mass is 16.2. The summed E-state index contributed by atoms with van der Waals surface area (Å²) in [4.78, 5) is 28.6. The molecule has 0 radical (unpaired) electrons. The molecule has 1 N–H and O–H groups in total. The summed E-state index contributed by atoms with van der Waals surface area (Å²) in [6.07, 6.45) is 1.69. The predicted molar refractivity (Wildman–Crippen MR) is 92.9 cm³/mol. The minimum atomic E-state index is -0.308. The first-order valence-corrected chi connectivity index (χ1v) is 8.33.